The number of amidine groups is 1. The minimum absolute atomic E-state index is 0.0205. The molecule has 0 radical (unpaired) electrons. The van der Waals surface area contributed by atoms with Gasteiger partial charge < -0.3 is 30.7 Å². The highest BCUT2D eigenvalue weighted by Crippen LogP contribution is 2.33. The van der Waals surface area contributed by atoms with E-state index in [2.05, 4.69) is 4.99 Å². The van der Waals surface area contributed by atoms with Crippen LogP contribution in [0.5, 0.6) is 11.5 Å². The van der Waals surface area contributed by atoms with Gasteiger partial charge in [0, 0.05) is 13.1 Å². The van der Waals surface area contributed by atoms with Crippen molar-refractivity contribution in [2.45, 2.75) is 18.8 Å². The molecular weight excluding hydrogens is 397 g/mol. The van der Waals surface area contributed by atoms with Crippen LogP contribution in [0.4, 0.5) is 0 Å². The lowest BCUT2D eigenvalue weighted by Gasteiger charge is -2.38. The topological polar surface area (TPSA) is 206 Å². The van der Waals surface area contributed by atoms with Crippen molar-refractivity contribution >= 4 is 31.2 Å². The summed E-state index contributed by atoms with van der Waals surface area (Å²) in [4.78, 5) is 27.9. The van der Waals surface area contributed by atoms with Gasteiger partial charge in [0.2, 0.25) is 0 Å². The number of phenols is 1. The molecule has 1 amide bonds. The Morgan fingerprint density at radius 2 is 2.10 bits per heavy atom. The van der Waals surface area contributed by atoms with E-state index in [1.807, 2.05) is 4.90 Å². The van der Waals surface area contributed by atoms with E-state index in [-0.39, 0.29) is 54.6 Å². The number of nitrogens with one attached hydrogen (secondary N) is 1. The molecule has 1 saturated heterocycles. The van der Waals surface area contributed by atoms with Crippen LogP contribution in [0.2, 0.25) is 6.32 Å². The van der Waals surface area contributed by atoms with Crippen LogP contribution in [-0.4, -0.2) is 88.6 Å². The van der Waals surface area contributed by atoms with Crippen molar-refractivity contribution in [1.82, 2.24) is 4.90 Å². The molecule has 1 aliphatic heterocycles. The maximum atomic E-state index is 11.6. The van der Waals surface area contributed by atoms with Gasteiger partial charge in [-0.15, -0.1) is 0 Å². The lowest BCUT2D eigenvalue weighted by Crippen LogP contribution is -2.85. The van der Waals surface area contributed by atoms with E-state index in [0.29, 0.717) is 13.1 Å². The summed E-state index contributed by atoms with van der Waals surface area (Å²) in [5.74, 6) is -2.18. The Morgan fingerprint density at radius 3 is 2.70 bits per heavy atom. The molecule has 0 aliphatic carbocycles. The number of aliphatic imine (C=N–C) groups is 1. The number of aryl methyl sites for hydroxylation is 1. The van der Waals surface area contributed by atoms with Gasteiger partial charge >= 0.3 is 13.1 Å². The van der Waals surface area contributed by atoms with Crippen molar-refractivity contribution in [3.05, 3.63) is 23.3 Å². The molecule has 0 saturated carbocycles. The molecule has 12 nitrogen and oxygen atoms in total. The molecule has 1 aromatic rings. The van der Waals surface area contributed by atoms with Gasteiger partial charge in [0.25, 0.3) is 5.91 Å². The fourth-order valence-corrected chi connectivity index (χ4v) is 2.88. The summed E-state index contributed by atoms with van der Waals surface area (Å²) in [5.41, 5.74) is 4.90. The molecule has 0 unspecified atom stereocenters. The molecule has 1 aromatic carbocycles. The van der Waals surface area contributed by atoms with E-state index in [0.717, 1.165) is 0 Å². The molecule has 1 fully saturated rings. The molecule has 0 spiro atoms. The zero-order chi connectivity index (χ0) is 22.3. The Balaban J connectivity index is 1.89. The highest BCUT2D eigenvalue weighted by atomic mass is 16.5. The van der Waals surface area contributed by atoms with Gasteiger partial charge in [-0.1, -0.05) is 6.07 Å². The standard InChI is InChI=1S/C17H24BN5O7/c19-13(22-9-21-5-14(20)24)8-23-6-11(7-23)30-12-2-1-10(3-4-18(28)29)16(25)15(12)17(26)27/h1-2,9,11,25,28-29H,3-8H2,(H2,20,24)(H,26,27)(H2,19,21,22)/p+1. The fourth-order valence-electron chi connectivity index (χ4n) is 2.88. The lowest BCUT2D eigenvalue weighted by atomic mass is 9.82. The number of nitrogens with zero attached hydrogens (tertiary/aromatic N) is 2. The largest absolute Gasteiger partial charge is 0.507 e. The summed E-state index contributed by atoms with van der Waals surface area (Å²) in [5, 5.41) is 46.8. The minimum atomic E-state index is -1.56. The van der Waals surface area contributed by atoms with E-state index in [4.69, 9.17) is 25.9 Å². The molecule has 162 valence electrons. The van der Waals surface area contributed by atoms with Crippen LogP contribution in [0.3, 0.4) is 0 Å². The number of hydrogen-bond acceptors (Lipinski definition) is 8. The number of carbonyl (C=O) groups is 2. The van der Waals surface area contributed by atoms with Crippen molar-refractivity contribution in [2.75, 3.05) is 26.2 Å². The smallest absolute Gasteiger partial charge is 0.451 e. The van der Waals surface area contributed by atoms with Crippen LogP contribution >= 0.6 is 0 Å². The monoisotopic (exact) mass is 422 g/mol. The number of carbonyl (C=O) groups excluding carboxylic acids is 1. The number of carboxylic acids is 1. The highest BCUT2D eigenvalue weighted by molar-refractivity contribution is 6.41. The second kappa shape index (κ2) is 10.7. The first kappa shape index (κ1) is 23.3. The van der Waals surface area contributed by atoms with Crippen molar-refractivity contribution in [3.63, 3.8) is 0 Å². The Bertz CT molecular complexity index is 827. The first-order valence-electron chi connectivity index (χ1n) is 9.22. The minimum Gasteiger partial charge on any atom is -0.507 e. The Hall–Kier alpha value is -3.00. The summed E-state index contributed by atoms with van der Waals surface area (Å²) in [6.07, 6.45) is 1.09. The molecule has 1 aliphatic rings. The third-order valence-electron chi connectivity index (χ3n) is 4.35. The predicted molar refractivity (Wildman–Crippen MR) is 107 cm³/mol. The van der Waals surface area contributed by atoms with Crippen LogP contribution in [0.1, 0.15) is 15.9 Å². The summed E-state index contributed by atoms with van der Waals surface area (Å²) in [7, 11) is -1.56. The number of rotatable bonds is 11. The number of hydrogen-bond donors (Lipinski definition) is 7. The first-order chi connectivity index (χ1) is 14.2. The number of likely N-dealkylation sites (tertiary alicyclic amines) is 1. The number of amides is 1. The zero-order valence-corrected chi connectivity index (χ0v) is 16.2. The van der Waals surface area contributed by atoms with Crippen molar-refractivity contribution in [1.29, 1.82) is 5.41 Å². The molecular formula is C17H25BN5O7+. The van der Waals surface area contributed by atoms with Gasteiger partial charge in [-0.05, 0) is 24.4 Å². The summed E-state index contributed by atoms with van der Waals surface area (Å²) in [6.45, 7) is 1.21. The number of aromatic hydroxyl groups is 1. The first-order valence-corrected chi connectivity index (χ1v) is 9.22. The lowest BCUT2D eigenvalue weighted by molar-refractivity contribution is -0.517. The molecule has 0 bridgehead atoms. The Labute approximate surface area is 172 Å². The average Bonchev–Trinajstić information content (AvgIpc) is 2.62. The van der Waals surface area contributed by atoms with Crippen LogP contribution in [0.25, 0.3) is 0 Å². The summed E-state index contributed by atoms with van der Waals surface area (Å²) in [6, 6.07) is 2.93. The number of ether oxygens (including phenoxy) is 1. The quantitative estimate of drug-likeness (QED) is 0.113. The zero-order valence-electron chi connectivity index (χ0n) is 16.2. The molecule has 2 rings (SSSR count). The number of carboxylic acid groups (broad SMARTS) is 1. The van der Waals surface area contributed by atoms with Gasteiger partial charge in [0.1, 0.15) is 29.0 Å². The number of nitrogens with two attached hydrogens (primary N) is 2. The molecule has 30 heavy (non-hydrogen) atoms. The second-order valence-corrected chi connectivity index (χ2v) is 6.84. The molecule has 1 heterocycles. The number of quaternary nitrogens is 1. The van der Waals surface area contributed by atoms with E-state index < -0.39 is 24.7 Å². The summed E-state index contributed by atoms with van der Waals surface area (Å²) >= 11 is 0. The van der Waals surface area contributed by atoms with Crippen LogP contribution in [-0.2, 0) is 11.2 Å². The number of benzene rings is 1. The molecule has 13 heteroatoms. The van der Waals surface area contributed by atoms with Crippen molar-refractivity contribution in [2.24, 2.45) is 10.7 Å². The van der Waals surface area contributed by atoms with Gasteiger partial charge in [0.05, 0.1) is 6.54 Å². The maximum absolute atomic E-state index is 11.6. The van der Waals surface area contributed by atoms with Crippen LogP contribution in [0, 0.1) is 5.41 Å². The molecule has 9 N–H and O–H groups in total. The van der Waals surface area contributed by atoms with Gasteiger partial charge in [-0.2, -0.15) is 4.99 Å². The Morgan fingerprint density at radius 1 is 1.40 bits per heavy atom. The van der Waals surface area contributed by atoms with Crippen LogP contribution < -0.4 is 15.8 Å². The maximum Gasteiger partial charge on any atom is 0.451 e. The number of aromatic carboxylic acids is 1. The van der Waals surface area contributed by atoms with Crippen LogP contribution in [0.15, 0.2) is 17.1 Å². The third-order valence-corrected chi connectivity index (χ3v) is 4.35. The summed E-state index contributed by atoms with van der Waals surface area (Å²) < 4.78 is 5.69. The molecule has 0 aromatic heterocycles. The Kier molecular flexibility index (Phi) is 8.30. The van der Waals surface area contributed by atoms with E-state index >= 15 is 0 Å². The van der Waals surface area contributed by atoms with E-state index in [1.165, 1.54) is 23.8 Å². The highest BCUT2D eigenvalue weighted by Gasteiger charge is 2.31. The average molecular weight is 422 g/mol. The van der Waals surface area contributed by atoms with E-state index in [1.54, 1.807) is 0 Å². The van der Waals surface area contributed by atoms with Gasteiger partial charge in [-0.3, -0.25) is 20.4 Å². The predicted octanol–water partition coefficient (Wildman–Crippen LogP) is -2.78. The second-order valence-electron chi connectivity index (χ2n) is 6.84. The third kappa shape index (κ3) is 6.81. The van der Waals surface area contributed by atoms with Crippen molar-refractivity contribution < 1.29 is 39.9 Å². The SMILES string of the molecule is N=C(CN1CC(Oc2ccc(CCB(O)O)c(O)c2C(=O)O)C1)N=C[NH2+]CC(N)=O. The number of primary amides is 1. The van der Waals surface area contributed by atoms with Crippen molar-refractivity contribution in [3.8, 4) is 11.5 Å². The van der Waals surface area contributed by atoms with E-state index in [9.17, 15) is 19.8 Å². The molecule has 0 atom stereocenters. The van der Waals surface area contributed by atoms with Gasteiger partial charge in [-0.25, -0.2) is 4.79 Å². The fraction of sp³-hybridized carbons (Fsp3) is 0.412. The van der Waals surface area contributed by atoms with Gasteiger partial charge in [0.15, 0.2) is 12.9 Å². The normalized spacial score (nSPS) is 14.5.